The highest BCUT2D eigenvalue weighted by Gasteiger charge is 2.07. The van der Waals surface area contributed by atoms with Crippen LogP contribution in [0.5, 0.6) is 0 Å². The van der Waals surface area contributed by atoms with E-state index in [0.717, 1.165) is 26.0 Å². The summed E-state index contributed by atoms with van der Waals surface area (Å²) in [4.78, 5) is 0. The maximum absolute atomic E-state index is 5.98. The van der Waals surface area contributed by atoms with E-state index in [2.05, 4.69) is 26.1 Å². The first-order chi connectivity index (χ1) is 5.70. The summed E-state index contributed by atoms with van der Waals surface area (Å²) >= 11 is 9.43. The molecule has 1 heterocycles. The minimum absolute atomic E-state index is 0.760. The number of halogens is 2. The standard InChI is InChI=1S/C8H6BrClN2/c1-4-6(10)2-5-3-11-12-8(5)7(4)9/h2-3H,1H3,(H,11,12). The van der Waals surface area contributed by atoms with E-state index in [0.29, 0.717) is 0 Å². The first-order valence-corrected chi connectivity index (χ1v) is 4.65. The summed E-state index contributed by atoms with van der Waals surface area (Å²) in [6.07, 6.45) is 1.76. The topological polar surface area (TPSA) is 28.7 Å². The molecule has 0 amide bonds. The van der Waals surface area contributed by atoms with E-state index < -0.39 is 0 Å². The molecule has 0 aliphatic rings. The van der Waals surface area contributed by atoms with Gasteiger partial charge in [0.1, 0.15) is 0 Å². The van der Waals surface area contributed by atoms with Crippen molar-refractivity contribution in [3.05, 3.63) is 27.3 Å². The first-order valence-electron chi connectivity index (χ1n) is 3.48. The molecular weight excluding hydrogens is 239 g/mol. The van der Waals surface area contributed by atoms with Crippen molar-refractivity contribution in [3.63, 3.8) is 0 Å². The Morgan fingerprint density at radius 2 is 2.33 bits per heavy atom. The number of H-pyrrole nitrogens is 1. The number of nitrogens with one attached hydrogen (secondary N) is 1. The van der Waals surface area contributed by atoms with Gasteiger partial charge in [-0.05, 0) is 34.5 Å². The third-order valence-electron chi connectivity index (χ3n) is 1.86. The zero-order chi connectivity index (χ0) is 8.72. The van der Waals surface area contributed by atoms with Crippen LogP contribution in [0.1, 0.15) is 5.56 Å². The van der Waals surface area contributed by atoms with Gasteiger partial charge in [0.25, 0.3) is 0 Å². The second-order valence-electron chi connectivity index (χ2n) is 2.63. The molecule has 0 aliphatic heterocycles. The van der Waals surface area contributed by atoms with Crippen LogP contribution in [-0.2, 0) is 0 Å². The Bertz CT molecular complexity index is 436. The minimum Gasteiger partial charge on any atom is -0.277 e. The Morgan fingerprint density at radius 1 is 1.58 bits per heavy atom. The lowest BCUT2D eigenvalue weighted by Crippen LogP contribution is -1.80. The summed E-state index contributed by atoms with van der Waals surface area (Å²) < 4.78 is 0.988. The Morgan fingerprint density at radius 3 is 3.08 bits per heavy atom. The summed E-state index contributed by atoms with van der Waals surface area (Å²) in [5.41, 5.74) is 2.03. The molecule has 0 fully saturated rings. The molecule has 0 saturated carbocycles. The normalized spacial score (nSPS) is 10.9. The van der Waals surface area contributed by atoms with E-state index in [1.165, 1.54) is 0 Å². The van der Waals surface area contributed by atoms with Gasteiger partial charge in [-0.25, -0.2) is 0 Å². The lowest BCUT2D eigenvalue weighted by Gasteiger charge is -2.01. The second-order valence-corrected chi connectivity index (χ2v) is 3.83. The molecule has 0 radical (unpaired) electrons. The lowest BCUT2D eigenvalue weighted by molar-refractivity contribution is 1.12. The number of fused-ring (bicyclic) bond motifs is 1. The van der Waals surface area contributed by atoms with Crippen molar-refractivity contribution in [3.8, 4) is 0 Å². The molecule has 2 rings (SSSR count). The van der Waals surface area contributed by atoms with Crippen molar-refractivity contribution < 1.29 is 0 Å². The summed E-state index contributed by atoms with van der Waals surface area (Å²) in [5, 5.41) is 8.62. The Kier molecular flexibility index (Phi) is 1.85. The second kappa shape index (κ2) is 2.75. The number of nitrogens with zero attached hydrogens (tertiary/aromatic N) is 1. The van der Waals surface area contributed by atoms with E-state index in [-0.39, 0.29) is 0 Å². The van der Waals surface area contributed by atoms with Gasteiger partial charge in [0.15, 0.2) is 0 Å². The van der Waals surface area contributed by atoms with Crippen molar-refractivity contribution >= 4 is 38.4 Å². The molecule has 1 N–H and O–H groups in total. The third kappa shape index (κ3) is 1.04. The molecule has 0 aliphatic carbocycles. The monoisotopic (exact) mass is 244 g/mol. The van der Waals surface area contributed by atoms with Crippen LogP contribution in [0.3, 0.4) is 0 Å². The van der Waals surface area contributed by atoms with Crippen LogP contribution in [0.2, 0.25) is 5.02 Å². The maximum atomic E-state index is 5.98. The average molecular weight is 246 g/mol. The zero-order valence-electron chi connectivity index (χ0n) is 6.36. The number of aromatic nitrogens is 2. The fourth-order valence-electron chi connectivity index (χ4n) is 1.12. The molecule has 0 spiro atoms. The minimum atomic E-state index is 0.760. The molecule has 2 nitrogen and oxygen atoms in total. The fraction of sp³-hybridized carbons (Fsp3) is 0.125. The van der Waals surface area contributed by atoms with Crippen molar-refractivity contribution in [2.75, 3.05) is 0 Å². The summed E-state index contributed by atoms with van der Waals surface area (Å²) in [5.74, 6) is 0. The van der Waals surface area contributed by atoms with Crippen molar-refractivity contribution in [1.82, 2.24) is 10.2 Å². The Labute approximate surface area is 83.0 Å². The Hall–Kier alpha value is -0.540. The summed E-state index contributed by atoms with van der Waals surface area (Å²) in [7, 11) is 0. The number of benzene rings is 1. The van der Waals surface area contributed by atoms with Crippen LogP contribution in [-0.4, -0.2) is 10.2 Å². The molecule has 2 aromatic rings. The first kappa shape index (κ1) is 8.08. The quantitative estimate of drug-likeness (QED) is 0.758. The van der Waals surface area contributed by atoms with Crippen LogP contribution in [0.4, 0.5) is 0 Å². The van der Waals surface area contributed by atoms with E-state index in [4.69, 9.17) is 11.6 Å². The Balaban J connectivity index is 2.94. The molecule has 12 heavy (non-hydrogen) atoms. The van der Waals surface area contributed by atoms with Crippen molar-refractivity contribution in [2.24, 2.45) is 0 Å². The lowest BCUT2D eigenvalue weighted by atomic mass is 10.2. The highest BCUT2D eigenvalue weighted by atomic mass is 79.9. The fourth-order valence-corrected chi connectivity index (χ4v) is 1.98. The van der Waals surface area contributed by atoms with Gasteiger partial charge in [-0.1, -0.05) is 11.6 Å². The molecule has 62 valence electrons. The van der Waals surface area contributed by atoms with Crippen molar-refractivity contribution in [1.29, 1.82) is 0 Å². The van der Waals surface area contributed by atoms with Crippen LogP contribution in [0.25, 0.3) is 10.9 Å². The molecule has 0 saturated heterocycles. The smallest absolute Gasteiger partial charge is 0.0796 e. The van der Waals surface area contributed by atoms with E-state index in [1.54, 1.807) is 6.20 Å². The molecule has 1 aromatic carbocycles. The van der Waals surface area contributed by atoms with Gasteiger partial charge in [0, 0.05) is 14.9 Å². The van der Waals surface area contributed by atoms with E-state index >= 15 is 0 Å². The number of hydrogen-bond donors (Lipinski definition) is 1. The number of aromatic amines is 1. The van der Waals surface area contributed by atoms with Crippen LogP contribution < -0.4 is 0 Å². The largest absolute Gasteiger partial charge is 0.277 e. The predicted molar refractivity (Wildman–Crippen MR) is 53.5 cm³/mol. The van der Waals surface area contributed by atoms with Crippen molar-refractivity contribution in [2.45, 2.75) is 6.92 Å². The number of hydrogen-bond acceptors (Lipinski definition) is 1. The third-order valence-corrected chi connectivity index (χ3v) is 3.24. The van der Waals surface area contributed by atoms with Gasteiger partial charge in [-0.3, -0.25) is 5.10 Å². The molecule has 4 heteroatoms. The van der Waals surface area contributed by atoms with Gasteiger partial charge in [-0.15, -0.1) is 0 Å². The van der Waals surface area contributed by atoms with Gasteiger partial charge in [0.05, 0.1) is 11.7 Å². The zero-order valence-corrected chi connectivity index (χ0v) is 8.70. The highest BCUT2D eigenvalue weighted by molar-refractivity contribution is 9.10. The van der Waals surface area contributed by atoms with E-state index in [1.807, 2.05) is 13.0 Å². The van der Waals surface area contributed by atoms with Crippen LogP contribution >= 0.6 is 27.5 Å². The SMILES string of the molecule is Cc1c(Cl)cc2cn[nH]c2c1Br. The van der Waals surface area contributed by atoms with Gasteiger partial charge in [-0.2, -0.15) is 5.10 Å². The highest BCUT2D eigenvalue weighted by Crippen LogP contribution is 2.30. The number of rotatable bonds is 0. The van der Waals surface area contributed by atoms with Gasteiger partial charge < -0.3 is 0 Å². The summed E-state index contributed by atoms with van der Waals surface area (Å²) in [6, 6.07) is 1.90. The molecular formula is C8H6BrClN2. The van der Waals surface area contributed by atoms with Gasteiger partial charge >= 0.3 is 0 Å². The van der Waals surface area contributed by atoms with Crippen LogP contribution in [0.15, 0.2) is 16.7 Å². The van der Waals surface area contributed by atoms with Gasteiger partial charge in [0.2, 0.25) is 0 Å². The molecule has 0 unspecified atom stereocenters. The molecule has 0 atom stereocenters. The molecule has 0 bridgehead atoms. The average Bonchev–Trinajstić information content (AvgIpc) is 2.48. The molecule has 1 aromatic heterocycles. The van der Waals surface area contributed by atoms with Crippen LogP contribution in [0, 0.1) is 6.92 Å². The summed E-state index contributed by atoms with van der Waals surface area (Å²) in [6.45, 7) is 1.96. The maximum Gasteiger partial charge on any atom is 0.0796 e. The predicted octanol–water partition coefficient (Wildman–Crippen LogP) is 3.29. The van der Waals surface area contributed by atoms with E-state index in [9.17, 15) is 0 Å².